The van der Waals surface area contributed by atoms with Crippen molar-refractivity contribution in [2.45, 2.75) is 50.2 Å². The first-order chi connectivity index (χ1) is 20.2. The Bertz CT molecular complexity index is 1520. The van der Waals surface area contributed by atoms with Crippen molar-refractivity contribution in [3.63, 3.8) is 0 Å². The number of halogens is 3. The normalized spacial score (nSPS) is 28.5. The number of ether oxygens (including phenoxy) is 2. The zero-order valence-electron chi connectivity index (χ0n) is 23.8. The number of alkyl halides is 2. The van der Waals surface area contributed by atoms with Gasteiger partial charge in [-0.1, -0.05) is 6.07 Å². The Labute approximate surface area is 245 Å². The van der Waals surface area contributed by atoms with E-state index in [9.17, 15) is 28.4 Å². The quantitative estimate of drug-likeness (QED) is 0.528. The van der Waals surface area contributed by atoms with Crippen molar-refractivity contribution >= 4 is 23.8 Å². The SMILES string of the molecule is CC(C)(C)OC(=O)N1C[C@@H]2[C@H](C1)C2(C#N)c1ccc(-c2ccc(N3C[C@H](CNC(=O)C4CC4(F)F)OC3=O)cc2F)cn1. The van der Waals surface area contributed by atoms with E-state index in [1.807, 2.05) is 0 Å². The number of nitriles is 1. The second-order valence-electron chi connectivity index (χ2n) is 12.6. The van der Waals surface area contributed by atoms with Gasteiger partial charge in [0.25, 0.3) is 5.92 Å². The summed E-state index contributed by atoms with van der Waals surface area (Å²) in [5.74, 6) is -5.87. The van der Waals surface area contributed by atoms with Crippen LogP contribution in [0.4, 0.5) is 28.4 Å². The van der Waals surface area contributed by atoms with E-state index in [-0.39, 0.29) is 36.2 Å². The first kappa shape index (κ1) is 28.8. The average Bonchev–Trinajstić information content (AvgIpc) is 3.57. The number of nitrogens with zero attached hydrogens (tertiary/aromatic N) is 4. The lowest BCUT2D eigenvalue weighted by atomic mass is 9.95. The monoisotopic (exact) mass is 597 g/mol. The number of benzene rings is 1. The van der Waals surface area contributed by atoms with Gasteiger partial charge in [-0.2, -0.15) is 5.26 Å². The molecule has 1 aromatic carbocycles. The van der Waals surface area contributed by atoms with Gasteiger partial charge in [0.15, 0.2) is 0 Å². The molecule has 3 amide bonds. The van der Waals surface area contributed by atoms with Crippen LogP contribution in [0.3, 0.4) is 0 Å². The number of piperidine rings is 1. The number of fused-ring (bicyclic) bond motifs is 1. The van der Waals surface area contributed by atoms with Crippen LogP contribution in [0.15, 0.2) is 36.5 Å². The highest BCUT2D eigenvalue weighted by molar-refractivity contribution is 5.90. The fourth-order valence-electron chi connectivity index (χ4n) is 6.09. The summed E-state index contributed by atoms with van der Waals surface area (Å²) in [5.41, 5.74) is 0.0945. The van der Waals surface area contributed by atoms with E-state index in [0.717, 1.165) is 0 Å². The van der Waals surface area contributed by atoms with Gasteiger partial charge in [0.1, 0.15) is 28.9 Å². The van der Waals surface area contributed by atoms with Crippen LogP contribution < -0.4 is 10.2 Å². The third-order valence-corrected chi connectivity index (χ3v) is 8.50. The molecule has 4 aliphatic rings. The molecule has 0 radical (unpaired) electrons. The molecule has 2 aliphatic heterocycles. The Morgan fingerprint density at radius 2 is 1.88 bits per heavy atom. The van der Waals surface area contributed by atoms with Crippen molar-refractivity contribution in [1.29, 1.82) is 5.26 Å². The molecule has 13 heteroatoms. The number of carbonyl (C=O) groups excluding carboxylic acids is 3. The van der Waals surface area contributed by atoms with E-state index in [1.54, 1.807) is 43.9 Å². The fraction of sp³-hybridized carbons (Fsp3) is 0.500. The standard InChI is InChI=1S/C30H30F3N5O5/c1-28(2,3)43-26(40)37-13-21-22(14-37)29(21,15-34)24-7-4-16(10-35-24)19-6-5-17(8-23(19)31)38-12-18(42-27(38)41)11-36-25(39)20-9-30(20,32)33/h4-8,10,18,20-22H,9,11-14H2,1-3H3,(H,36,39)/t18-,20?,21-,22+,29?/m0/s1. The van der Waals surface area contributed by atoms with Gasteiger partial charge in [-0.25, -0.2) is 22.8 Å². The van der Waals surface area contributed by atoms with Gasteiger partial charge >= 0.3 is 12.2 Å². The first-order valence-electron chi connectivity index (χ1n) is 14.0. The van der Waals surface area contributed by atoms with E-state index in [2.05, 4.69) is 16.4 Å². The van der Waals surface area contributed by atoms with Crippen LogP contribution in [-0.2, 0) is 19.7 Å². The number of pyridine rings is 1. The summed E-state index contributed by atoms with van der Waals surface area (Å²) in [6, 6.07) is 10.0. The third kappa shape index (κ3) is 5.13. The maximum absolute atomic E-state index is 15.2. The van der Waals surface area contributed by atoms with Gasteiger partial charge in [-0.3, -0.25) is 14.7 Å². The predicted octanol–water partition coefficient (Wildman–Crippen LogP) is 4.24. The summed E-state index contributed by atoms with van der Waals surface area (Å²) in [7, 11) is 0. The highest BCUT2D eigenvalue weighted by Crippen LogP contribution is 2.63. The van der Waals surface area contributed by atoms with Crippen LogP contribution in [0.2, 0.25) is 0 Å². The van der Waals surface area contributed by atoms with Crippen molar-refractivity contribution in [2.24, 2.45) is 17.8 Å². The van der Waals surface area contributed by atoms with E-state index in [1.165, 1.54) is 23.2 Å². The minimum Gasteiger partial charge on any atom is -0.444 e. The number of amides is 3. The molecule has 6 rings (SSSR count). The van der Waals surface area contributed by atoms with Gasteiger partial charge in [-0.05, 0) is 45.0 Å². The van der Waals surface area contributed by atoms with Crippen LogP contribution in [-0.4, -0.2) is 71.8 Å². The summed E-state index contributed by atoms with van der Waals surface area (Å²) >= 11 is 0. The lowest BCUT2D eigenvalue weighted by Gasteiger charge is -2.27. The summed E-state index contributed by atoms with van der Waals surface area (Å²) in [5, 5.41) is 12.4. The molecule has 4 fully saturated rings. The number of aromatic nitrogens is 1. The molecule has 10 nitrogen and oxygen atoms in total. The molecular weight excluding hydrogens is 567 g/mol. The molecule has 2 saturated carbocycles. The Kier molecular flexibility index (Phi) is 6.59. The zero-order valence-corrected chi connectivity index (χ0v) is 23.8. The Morgan fingerprint density at radius 1 is 1.19 bits per heavy atom. The van der Waals surface area contributed by atoms with E-state index >= 15 is 4.39 Å². The van der Waals surface area contributed by atoms with Crippen molar-refractivity contribution in [2.75, 3.05) is 31.1 Å². The summed E-state index contributed by atoms with van der Waals surface area (Å²) < 4.78 is 52.1. The number of carbonyl (C=O) groups is 3. The lowest BCUT2D eigenvalue weighted by molar-refractivity contribution is -0.124. The topological polar surface area (TPSA) is 125 Å². The minimum absolute atomic E-state index is 0.0130. The molecule has 2 saturated heterocycles. The molecular formula is C30H30F3N5O5. The molecule has 226 valence electrons. The zero-order chi connectivity index (χ0) is 30.9. The molecule has 1 aromatic heterocycles. The molecule has 43 heavy (non-hydrogen) atoms. The third-order valence-electron chi connectivity index (χ3n) is 8.50. The minimum atomic E-state index is -2.99. The Hall–Kier alpha value is -4.34. The van der Waals surface area contributed by atoms with Crippen LogP contribution in [0.5, 0.6) is 0 Å². The van der Waals surface area contributed by atoms with Gasteiger partial charge in [0.05, 0.1) is 30.5 Å². The van der Waals surface area contributed by atoms with Crippen molar-refractivity contribution in [3.8, 4) is 17.2 Å². The largest absolute Gasteiger partial charge is 0.444 e. The van der Waals surface area contributed by atoms with Gasteiger partial charge < -0.3 is 19.7 Å². The number of likely N-dealkylation sites (tertiary alicyclic amines) is 1. The number of rotatable bonds is 6. The van der Waals surface area contributed by atoms with Crippen LogP contribution in [0, 0.1) is 34.9 Å². The summed E-state index contributed by atoms with van der Waals surface area (Å²) in [4.78, 5) is 44.0. The number of cyclic esters (lactones) is 1. The van der Waals surface area contributed by atoms with Crippen molar-refractivity contribution in [1.82, 2.24) is 15.2 Å². The smallest absolute Gasteiger partial charge is 0.414 e. The van der Waals surface area contributed by atoms with E-state index < -0.39 is 59.3 Å². The molecule has 0 bridgehead atoms. The number of nitrogens with one attached hydrogen (secondary N) is 1. The maximum atomic E-state index is 15.2. The Balaban J connectivity index is 1.08. The molecule has 2 unspecified atom stereocenters. The second kappa shape index (κ2) is 9.86. The van der Waals surface area contributed by atoms with E-state index in [0.29, 0.717) is 24.3 Å². The predicted molar refractivity (Wildman–Crippen MR) is 145 cm³/mol. The summed E-state index contributed by atoms with van der Waals surface area (Å²) in [6.07, 6.45) is -0.906. The van der Waals surface area contributed by atoms with Crippen molar-refractivity contribution < 1.29 is 37.0 Å². The van der Waals surface area contributed by atoms with Crippen LogP contribution in [0.1, 0.15) is 32.9 Å². The van der Waals surface area contributed by atoms with Crippen molar-refractivity contribution in [3.05, 3.63) is 48.0 Å². The molecule has 2 aromatic rings. The Morgan fingerprint density at radius 3 is 2.44 bits per heavy atom. The molecule has 5 atom stereocenters. The number of hydrogen-bond donors (Lipinski definition) is 1. The summed E-state index contributed by atoms with van der Waals surface area (Å²) in [6.45, 7) is 6.08. The highest BCUT2D eigenvalue weighted by Gasteiger charge is 2.71. The second-order valence-corrected chi connectivity index (χ2v) is 12.6. The lowest BCUT2D eigenvalue weighted by Crippen LogP contribution is -2.39. The van der Waals surface area contributed by atoms with Crippen LogP contribution >= 0.6 is 0 Å². The first-order valence-corrected chi connectivity index (χ1v) is 14.0. The number of hydrogen-bond acceptors (Lipinski definition) is 7. The maximum Gasteiger partial charge on any atom is 0.414 e. The van der Waals surface area contributed by atoms with Gasteiger partial charge in [0, 0.05) is 48.7 Å². The fourth-order valence-corrected chi connectivity index (χ4v) is 6.09. The highest BCUT2D eigenvalue weighted by atomic mass is 19.3. The molecule has 0 spiro atoms. The molecule has 3 heterocycles. The van der Waals surface area contributed by atoms with Gasteiger partial charge in [0.2, 0.25) is 5.91 Å². The number of anilines is 1. The average molecular weight is 598 g/mol. The van der Waals surface area contributed by atoms with Crippen LogP contribution in [0.25, 0.3) is 11.1 Å². The van der Waals surface area contributed by atoms with E-state index in [4.69, 9.17) is 9.47 Å². The molecule has 2 aliphatic carbocycles. The molecule has 1 N–H and O–H groups in total. The van der Waals surface area contributed by atoms with Gasteiger partial charge in [-0.15, -0.1) is 0 Å².